The maximum Gasteiger partial charge on any atom is 0.319 e. The van der Waals surface area contributed by atoms with E-state index in [9.17, 15) is 4.79 Å². The summed E-state index contributed by atoms with van der Waals surface area (Å²) in [5, 5.41) is 7.07. The third-order valence-electron chi connectivity index (χ3n) is 4.89. The molecule has 0 saturated heterocycles. The van der Waals surface area contributed by atoms with Crippen LogP contribution in [0.1, 0.15) is 17.0 Å². The van der Waals surface area contributed by atoms with E-state index in [1.54, 1.807) is 6.20 Å². The number of hydrogen-bond donors (Lipinski definition) is 2. The Kier molecular flexibility index (Phi) is 5.06. The molecule has 4 aromatic rings. The number of fused-ring (bicyclic) bond motifs is 1. The van der Waals surface area contributed by atoms with Gasteiger partial charge in [0, 0.05) is 54.7 Å². The largest absolute Gasteiger partial charge is 0.350 e. The zero-order valence-corrected chi connectivity index (χ0v) is 15.7. The van der Waals surface area contributed by atoms with Crippen LogP contribution in [0.5, 0.6) is 0 Å². The van der Waals surface area contributed by atoms with E-state index in [1.807, 2.05) is 61.8 Å². The average molecular weight is 370 g/mol. The molecule has 0 aliphatic carbocycles. The Balaban J connectivity index is 1.60. The number of nitrogens with one attached hydrogen (secondary N) is 2. The average Bonchev–Trinajstić information content (AvgIpc) is 3.06. The van der Waals surface area contributed by atoms with Crippen molar-refractivity contribution in [3.8, 4) is 0 Å². The van der Waals surface area contributed by atoms with Crippen LogP contribution in [-0.4, -0.2) is 22.1 Å². The normalized spacial score (nSPS) is 11.9. The molecule has 4 rings (SSSR count). The van der Waals surface area contributed by atoms with Gasteiger partial charge >= 0.3 is 6.03 Å². The molecule has 2 aromatic heterocycles. The zero-order chi connectivity index (χ0) is 19.3. The summed E-state index contributed by atoms with van der Waals surface area (Å²) in [7, 11) is 2.04. The first-order chi connectivity index (χ1) is 13.7. The van der Waals surface area contributed by atoms with Gasteiger partial charge in [0.05, 0.1) is 0 Å². The third kappa shape index (κ3) is 3.74. The molecule has 0 aliphatic heterocycles. The van der Waals surface area contributed by atoms with Crippen molar-refractivity contribution in [2.24, 2.45) is 7.05 Å². The lowest BCUT2D eigenvalue weighted by Crippen LogP contribution is -2.32. The van der Waals surface area contributed by atoms with Gasteiger partial charge in [0.2, 0.25) is 0 Å². The predicted molar refractivity (Wildman–Crippen MR) is 112 cm³/mol. The van der Waals surface area contributed by atoms with Crippen molar-refractivity contribution in [1.82, 2.24) is 14.9 Å². The molecule has 1 atom stereocenters. The van der Waals surface area contributed by atoms with Crippen LogP contribution in [0.25, 0.3) is 10.9 Å². The molecule has 0 fully saturated rings. The van der Waals surface area contributed by atoms with Crippen molar-refractivity contribution in [2.45, 2.75) is 5.92 Å². The van der Waals surface area contributed by atoms with Crippen LogP contribution in [0.15, 0.2) is 85.3 Å². The van der Waals surface area contributed by atoms with Crippen molar-refractivity contribution >= 4 is 22.6 Å². The molecule has 0 spiro atoms. The molecular formula is C23H22N4O. The number of nitrogens with zero attached hydrogens (tertiary/aromatic N) is 2. The molecule has 2 heterocycles. The predicted octanol–water partition coefficient (Wildman–Crippen LogP) is 4.53. The van der Waals surface area contributed by atoms with E-state index < -0.39 is 0 Å². The molecule has 2 aromatic carbocycles. The van der Waals surface area contributed by atoms with Crippen LogP contribution in [0, 0.1) is 0 Å². The van der Waals surface area contributed by atoms with Gasteiger partial charge < -0.3 is 15.2 Å². The lowest BCUT2D eigenvalue weighted by atomic mass is 9.92. The fraction of sp³-hybridized carbons (Fsp3) is 0.130. The highest BCUT2D eigenvalue weighted by molar-refractivity contribution is 5.89. The van der Waals surface area contributed by atoms with Crippen LogP contribution in [0.4, 0.5) is 10.5 Å². The maximum absolute atomic E-state index is 12.4. The second-order valence-corrected chi connectivity index (χ2v) is 6.75. The maximum atomic E-state index is 12.4. The van der Waals surface area contributed by atoms with Gasteiger partial charge in [0.25, 0.3) is 0 Å². The summed E-state index contributed by atoms with van der Waals surface area (Å²) in [5.41, 5.74) is 4.17. The Morgan fingerprint density at radius 1 is 1.04 bits per heavy atom. The highest BCUT2D eigenvalue weighted by Crippen LogP contribution is 2.31. The number of pyridine rings is 1. The summed E-state index contributed by atoms with van der Waals surface area (Å²) in [6.07, 6.45) is 5.77. The number of benzene rings is 2. The Morgan fingerprint density at radius 3 is 2.61 bits per heavy atom. The molecule has 28 heavy (non-hydrogen) atoms. The second-order valence-electron chi connectivity index (χ2n) is 6.75. The summed E-state index contributed by atoms with van der Waals surface area (Å²) >= 11 is 0. The second kappa shape index (κ2) is 7.96. The van der Waals surface area contributed by atoms with E-state index in [4.69, 9.17) is 0 Å². The van der Waals surface area contributed by atoms with Crippen molar-refractivity contribution < 1.29 is 4.79 Å². The van der Waals surface area contributed by atoms with Crippen LogP contribution in [-0.2, 0) is 7.05 Å². The first-order valence-corrected chi connectivity index (χ1v) is 9.26. The van der Waals surface area contributed by atoms with Gasteiger partial charge in [-0.1, -0.05) is 42.5 Å². The topological polar surface area (TPSA) is 59.0 Å². The van der Waals surface area contributed by atoms with Crippen molar-refractivity contribution in [2.75, 3.05) is 11.9 Å². The van der Waals surface area contributed by atoms with Gasteiger partial charge in [-0.15, -0.1) is 0 Å². The van der Waals surface area contributed by atoms with E-state index in [0.717, 1.165) is 11.3 Å². The van der Waals surface area contributed by atoms with Crippen molar-refractivity contribution in [1.29, 1.82) is 0 Å². The van der Waals surface area contributed by atoms with Gasteiger partial charge in [-0.2, -0.15) is 0 Å². The fourth-order valence-electron chi connectivity index (χ4n) is 3.53. The molecule has 0 radical (unpaired) electrons. The molecule has 0 saturated carbocycles. The lowest BCUT2D eigenvalue weighted by Gasteiger charge is -2.18. The summed E-state index contributed by atoms with van der Waals surface area (Å²) in [6, 6.07) is 21.5. The molecule has 0 unspecified atom stereocenters. The summed E-state index contributed by atoms with van der Waals surface area (Å²) in [5.74, 6) is 0.00123. The minimum Gasteiger partial charge on any atom is -0.350 e. The number of amides is 2. The molecular weight excluding hydrogens is 348 g/mol. The third-order valence-corrected chi connectivity index (χ3v) is 4.89. The number of rotatable bonds is 5. The van der Waals surface area contributed by atoms with Crippen molar-refractivity contribution in [3.05, 3.63) is 96.4 Å². The SMILES string of the molecule is Cn1cc([C@@H](CNC(=O)Nc2ccccc2)c2cccnc2)c2ccccc21. The molecule has 2 amide bonds. The standard InChI is InChI=1S/C23H22N4O/c1-27-16-21(19-11-5-6-12-22(19)27)20(17-8-7-13-24-14-17)15-25-23(28)26-18-9-3-2-4-10-18/h2-14,16,20H,15H2,1H3,(H2,25,26,28)/t20-/m0/s1. The number of aryl methyl sites for hydroxylation is 1. The summed E-state index contributed by atoms with van der Waals surface area (Å²) in [6.45, 7) is 0.471. The van der Waals surface area contributed by atoms with Gasteiger partial charge in [0.1, 0.15) is 0 Å². The van der Waals surface area contributed by atoms with Crippen LogP contribution in [0.3, 0.4) is 0 Å². The number of para-hydroxylation sites is 2. The Hall–Kier alpha value is -3.60. The first kappa shape index (κ1) is 17.8. The number of carbonyl (C=O) groups is 1. The molecule has 2 N–H and O–H groups in total. The number of anilines is 1. The highest BCUT2D eigenvalue weighted by atomic mass is 16.2. The van der Waals surface area contributed by atoms with Gasteiger partial charge in [-0.3, -0.25) is 4.98 Å². The Morgan fingerprint density at radius 2 is 1.82 bits per heavy atom. The van der Waals surface area contributed by atoms with E-state index in [2.05, 4.69) is 44.6 Å². The fourth-order valence-corrected chi connectivity index (χ4v) is 3.53. The smallest absolute Gasteiger partial charge is 0.319 e. The molecule has 140 valence electrons. The summed E-state index contributed by atoms with van der Waals surface area (Å²) < 4.78 is 2.12. The Labute approximate surface area is 164 Å². The van der Waals surface area contributed by atoms with Crippen LogP contribution < -0.4 is 10.6 Å². The monoisotopic (exact) mass is 370 g/mol. The molecule has 5 nitrogen and oxygen atoms in total. The van der Waals surface area contributed by atoms with E-state index in [0.29, 0.717) is 6.54 Å². The minimum absolute atomic E-state index is 0.00123. The molecule has 5 heteroatoms. The summed E-state index contributed by atoms with van der Waals surface area (Å²) in [4.78, 5) is 16.7. The van der Waals surface area contributed by atoms with Gasteiger partial charge in [-0.25, -0.2) is 4.79 Å². The van der Waals surface area contributed by atoms with E-state index >= 15 is 0 Å². The quantitative estimate of drug-likeness (QED) is 0.542. The minimum atomic E-state index is -0.222. The number of urea groups is 1. The molecule has 0 aliphatic rings. The molecule has 0 bridgehead atoms. The lowest BCUT2D eigenvalue weighted by molar-refractivity contribution is 0.252. The van der Waals surface area contributed by atoms with Crippen molar-refractivity contribution in [3.63, 3.8) is 0 Å². The Bertz CT molecular complexity index is 1070. The highest BCUT2D eigenvalue weighted by Gasteiger charge is 2.20. The van der Waals surface area contributed by atoms with Gasteiger partial charge in [-0.05, 0) is 35.4 Å². The number of hydrogen-bond acceptors (Lipinski definition) is 2. The number of aromatic nitrogens is 2. The van der Waals surface area contributed by atoms with Crippen LogP contribution >= 0.6 is 0 Å². The van der Waals surface area contributed by atoms with Crippen LogP contribution in [0.2, 0.25) is 0 Å². The zero-order valence-electron chi connectivity index (χ0n) is 15.7. The van der Waals surface area contributed by atoms with Gasteiger partial charge in [0.15, 0.2) is 0 Å². The number of carbonyl (C=O) groups excluding carboxylic acids is 1. The first-order valence-electron chi connectivity index (χ1n) is 9.26. The van der Waals surface area contributed by atoms with E-state index in [-0.39, 0.29) is 11.9 Å². The van der Waals surface area contributed by atoms with E-state index in [1.165, 1.54) is 16.5 Å².